The number of nitrogens with one attached hydrogen (secondary N) is 1. The van der Waals surface area contributed by atoms with Crippen molar-refractivity contribution in [3.05, 3.63) is 29.8 Å². The number of quaternary nitrogens is 1. The minimum absolute atomic E-state index is 0.291. The molecule has 6 heteroatoms. The molecule has 0 aromatic heterocycles. The van der Waals surface area contributed by atoms with Crippen molar-refractivity contribution in [2.45, 2.75) is 38.8 Å². The first-order chi connectivity index (χ1) is 9.17. The van der Waals surface area contributed by atoms with Crippen LogP contribution in [0.4, 0.5) is 10.5 Å². The standard InChI is InChI=1S/C14H21N3O3/c1-14(2,3)20-13(19)17-10-6-4-9(5-7-10)8-11(15)12(16)18/h4-7,11H,8,15H2,1-3H3,(H2,16,18)(H,17,19)/p+1. The maximum absolute atomic E-state index is 11.6. The molecule has 1 atom stereocenters. The van der Waals surface area contributed by atoms with Crippen molar-refractivity contribution in [2.75, 3.05) is 5.32 Å². The highest BCUT2D eigenvalue weighted by Crippen LogP contribution is 2.13. The minimum atomic E-state index is -0.598. The van der Waals surface area contributed by atoms with Crippen molar-refractivity contribution in [3.63, 3.8) is 0 Å². The fourth-order valence-electron chi connectivity index (χ4n) is 1.51. The lowest BCUT2D eigenvalue weighted by Gasteiger charge is -2.19. The molecule has 0 fully saturated rings. The molecule has 0 heterocycles. The van der Waals surface area contributed by atoms with Crippen LogP contribution in [0.15, 0.2) is 24.3 Å². The molecule has 0 aliphatic rings. The van der Waals surface area contributed by atoms with E-state index in [2.05, 4.69) is 11.1 Å². The predicted octanol–water partition coefficient (Wildman–Crippen LogP) is 0.672. The van der Waals surface area contributed by atoms with Crippen LogP contribution < -0.4 is 16.8 Å². The predicted molar refractivity (Wildman–Crippen MR) is 75.9 cm³/mol. The van der Waals surface area contributed by atoms with Crippen LogP contribution >= 0.6 is 0 Å². The first-order valence-corrected chi connectivity index (χ1v) is 6.38. The highest BCUT2D eigenvalue weighted by molar-refractivity contribution is 5.84. The summed E-state index contributed by atoms with van der Waals surface area (Å²) < 4.78 is 5.14. The van der Waals surface area contributed by atoms with Crippen molar-refractivity contribution >= 4 is 17.7 Å². The van der Waals surface area contributed by atoms with Gasteiger partial charge in [0.05, 0.1) is 0 Å². The molecule has 1 rings (SSSR count). The Labute approximate surface area is 118 Å². The van der Waals surface area contributed by atoms with Gasteiger partial charge in [0, 0.05) is 12.1 Å². The van der Waals surface area contributed by atoms with Crippen LogP contribution in [-0.2, 0) is 16.0 Å². The lowest BCUT2D eigenvalue weighted by molar-refractivity contribution is -0.307. The van der Waals surface area contributed by atoms with Crippen LogP contribution in [0.3, 0.4) is 0 Å². The molecule has 0 aliphatic carbocycles. The number of ether oxygens (including phenoxy) is 1. The molecule has 0 spiro atoms. The molecular weight excluding hydrogens is 258 g/mol. The van der Waals surface area contributed by atoms with Crippen LogP contribution in [0.5, 0.6) is 0 Å². The monoisotopic (exact) mass is 280 g/mol. The van der Waals surface area contributed by atoms with Gasteiger partial charge in [-0.2, -0.15) is 0 Å². The van der Waals surface area contributed by atoms with E-state index in [0.29, 0.717) is 12.1 Å². The Balaban J connectivity index is 2.59. The number of amides is 2. The Morgan fingerprint density at radius 3 is 2.30 bits per heavy atom. The van der Waals surface area contributed by atoms with Gasteiger partial charge >= 0.3 is 12.0 Å². The molecule has 0 aliphatic heterocycles. The SMILES string of the molecule is CC(C)(C)OC(=O)Nc1ccc(CC(N)C([NH3+])=O)cc1. The van der Waals surface area contributed by atoms with Gasteiger partial charge in [0.1, 0.15) is 11.6 Å². The highest BCUT2D eigenvalue weighted by atomic mass is 16.6. The number of hydrogen-bond acceptors (Lipinski definition) is 4. The summed E-state index contributed by atoms with van der Waals surface area (Å²) in [6.07, 6.45) is -0.0791. The summed E-state index contributed by atoms with van der Waals surface area (Å²) in [7, 11) is 0. The average Bonchev–Trinajstić information content (AvgIpc) is 2.28. The Kier molecular flexibility index (Phi) is 5.24. The normalized spacial score (nSPS) is 12.7. The van der Waals surface area contributed by atoms with E-state index in [9.17, 15) is 9.59 Å². The summed E-state index contributed by atoms with van der Waals surface area (Å²) in [6.45, 7) is 5.40. The Morgan fingerprint density at radius 1 is 1.30 bits per heavy atom. The molecule has 20 heavy (non-hydrogen) atoms. The number of anilines is 1. The zero-order valence-corrected chi connectivity index (χ0v) is 12.1. The van der Waals surface area contributed by atoms with Crippen LogP contribution in [0.25, 0.3) is 0 Å². The maximum Gasteiger partial charge on any atom is 0.412 e. The van der Waals surface area contributed by atoms with Gasteiger partial charge in [-0.05, 0) is 38.5 Å². The largest absolute Gasteiger partial charge is 0.444 e. The Hall–Kier alpha value is -1.92. The van der Waals surface area contributed by atoms with Crippen molar-refractivity contribution in [1.29, 1.82) is 0 Å². The molecule has 0 bridgehead atoms. The second kappa shape index (κ2) is 6.49. The van der Waals surface area contributed by atoms with E-state index in [1.807, 2.05) is 0 Å². The molecule has 0 saturated carbocycles. The van der Waals surface area contributed by atoms with Crippen LogP contribution in [0, 0.1) is 0 Å². The van der Waals surface area contributed by atoms with Crippen molar-refractivity contribution in [3.8, 4) is 0 Å². The summed E-state index contributed by atoms with van der Waals surface area (Å²) in [5.41, 5.74) is 9.92. The van der Waals surface area contributed by atoms with E-state index in [1.165, 1.54) is 0 Å². The van der Waals surface area contributed by atoms with E-state index in [0.717, 1.165) is 5.56 Å². The third-order valence-corrected chi connectivity index (χ3v) is 2.47. The maximum atomic E-state index is 11.6. The van der Waals surface area contributed by atoms with E-state index < -0.39 is 17.7 Å². The van der Waals surface area contributed by atoms with Gasteiger partial charge in [0.15, 0.2) is 0 Å². The van der Waals surface area contributed by atoms with Gasteiger partial charge in [0.2, 0.25) is 0 Å². The number of carbonyl (C=O) groups excluding carboxylic acids is 2. The number of rotatable bonds is 4. The average molecular weight is 280 g/mol. The fraction of sp³-hybridized carbons (Fsp3) is 0.429. The molecule has 0 radical (unpaired) electrons. The zero-order valence-electron chi connectivity index (χ0n) is 12.1. The smallest absolute Gasteiger partial charge is 0.412 e. The molecule has 6 N–H and O–H groups in total. The van der Waals surface area contributed by atoms with E-state index >= 15 is 0 Å². The van der Waals surface area contributed by atoms with E-state index in [1.54, 1.807) is 45.0 Å². The lowest BCUT2D eigenvalue weighted by Crippen LogP contribution is -2.65. The summed E-state index contributed by atoms with van der Waals surface area (Å²) >= 11 is 0. The summed E-state index contributed by atoms with van der Waals surface area (Å²) in [5, 5.41) is 2.63. The second-order valence-electron chi connectivity index (χ2n) is 5.60. The molecule has 1 aromatic carbocycles. The quantitative estimate of drug-likeness (QED) is 0.753. The Morgan fingerprint density at radius 2 is 1.85 bits per heavy atom. The summed E-state index contributed by atoms with van der Waals surface area (Å²) in [4.78, 5) is 22.6. The minimum Gasteiger partial charge on any atom is -0.444 e. The molecule has 0 saturated heterocycles. The summed E-state index contributed by atoms with van der Waals surface area (Å²) in [5.74, 6) is -0.291. The van der Waals surface area contributed by atoms with Gasteiger partial charge in [-0.3, -0.25) is 11.1 Å². The van der Waals surface area contributed by atoms with E-state index in [-0.39, 0.29) is 5.91 Å². The summed E-state index contributed by atoms with van der Waals surface area (Å²) in [6, 6.07) is 6.48. The lowest BCUT2D eigenvalue weighted by atomic mass is 10.1. The van der Waals surface area contributed by atoms with Crippen molar-refractivity contribution < 1.29 is 20.1 Å². The van der Waals surface area contributed by atoms with Crippen LogP contribution in [0.2, 0.25) is 0 Å². The van der Waals surface area contributed by atoms with Gasteiger partial charge in [-0.25, -0.2) is 9.59 Å². The van der Waals surface area contributed by atoms with E-state index in [4.69, 9.17) is 10.5 Å². The van der Waals surface area contributed by atoms with Gasteiger partial charge in [-0.15, -0.1) is 0 Å². The molecule has 1 aromatic rings. The van der Waals surface area contributed by atoms with Crippen LogP contribution in [0.1, 0.15) is 26.3 Å². The molecule has 1 unspecified atom stereocenters. The molecule has 6 nitrogen and oxygen atoms in total. The Bertz CT molecular complexity index is 477. The number of carbonyl (C=O) groups is 2. The van der Waals surface area contributed by atoms with Gasteiger partial charge < -0.3 is 10.5 Å². The molecular formula is C14H22N3O3+. The molecule has 110 valence electrons. The molecule has 2 amide bonds. The van der Waals surface area contributed by atoms with Crippen molar-refractivity contribution in [1.82, 2.24) is 0 Å². The van der Waals surface area contributed by atoms with Gasteiger partial charge in [-0.1, -0.05) is 12.1 Å². The number of nitrogens with two attached hydrogens (primary N) is 1. The third-order valence-electron chi connectivity index (χ3n) is 2.47. The fourth-order valence-corrected chi connectivity index (χ4v) is 1.51. The van der Waals surface area contributed by atoms with Crippen molar-refractivity contribution in [2.24, 2.45) is 5.73 Å². The third kappa shape index (κ3) is 5.81. The zero-order chi connectivity index (χ0) is 15.3. The first kappa shape index (κ1) is 16.1. The topological polar surface area (TPSA) is 109 Å². The highest BCUT2D eigenvalue weighted by Gasteiger charge is 2.16. The first-order valence-electron chi connectivity index (χ1n) is 6.38. The van der Waals surface area contributed by atoms with Gasteiger partial charge in [0.25, 0.3) is 0 Å². The number of benzene rings is 1. The second-order valence-corrected chi connectivity index (χ2v) is 5.60. The van der Waals surface area contributed by atoms with Crippen LogP contribution in [-0.4, -0.2) is 23.6 Å². The number of hydrogen-bond donors (Lipinski definition) is 3.